The number of phosphoric acid groups is 1. The maximum Gasteiger partial charge on any atom is 0.530 e. The average molecular weight is 707 g/mol. The molecule has 1 fully saturated rings. The van der Waals surface area contributed by atoms with Crippen molar-refractivity contribution in [1.29, 1.82) is 0 Å². The first-order chi connectivity index (χ1) is 23.9. The van der Waals surface area contributed by atoms with Crippen molar-refractivity contribution < 1.29 is 18.1 Å². The van der Waals surface area contributed by atoms with Gasteiger partial charge in [-0.05, 0) is 22.9 Å². The monoisotopic (exact) mass is 706 g/mol. The molecule has 0 bridgehead atoms. The van der Waals surface area contributed by atoms with E-state index >= 15 is 0 Å². The molecule has 0 amide bonds. The van der Waals surface area contributed by atoms with E-state index in [-0.39, 0.29) is 31.9 Å². The predicted molar refractivity (Wildman–Crippen MR) is 186 cm³/mol. The number of nitrogens with zero attached hydrogens (tertiary/aromatic N) is 6. The summed E-state index contributed by atoms with van der Waals surface area (Å²) >= 11 is 0. The largest absolute Gasteiger partial charge is 0.530 e. The van der Waals surface area contributed by atoms with Gasteiger partial charge in [-0.2, -0.15) is 0 Å². The number of allylic oxidation sites excluding steroid dienone is 4. The fourth-order valence-electron chi connectivity index (χ4n) is 5.60. The summed E-state index contributed by atoms with van der Waals surface area (Å²) in [7, 11) is -4.35. The van der Waals surface area contributed by atoms with Crippen LogP contribution in [0.1, 0.15) is 0 Å². The molecule has 1 aliphatic heterocycles. The van der Waals surface area contributed by atoms with Crippen LogP contribution in [0.5, 0.6) is 5.75 Å². The van der Waals surface area contributed by atoms with Crippen molar-refractivity contribution in [3.05, 3.63) is 156 Å². The third kappa shape index (κ3) is 6.81. The van der Waals surface area contributed by atoms with Gasteiger partial charge >= 0.3 is 42.0 Å². The van der Waals surface area contributed by atoms with Gasteiger partial charge in [-0.15, -0.1) is 26.3 Å². The van der Waals surface area contributed by atoms with Crippen LogP contribution in [0.4, 0.5) is 0 Å². The second-order valence-corrected chi connectivity index (χ2v) is 13.2. The first-order valence-corrected chi connectivity index (χ1v) is 16.8. The number of hydrogen-bond acceptors (Lipinski definition) is 10. The lowest BCUT2D eigenvalue weighted by Gasteiger charge is -2.39. The first-order valence-electron chi connectivity index (χ1n) is 15.3. The summed E-state index contributed by atoms with van der Waals surface area (Å²) in [5, 5.41) is 1.69. The SMILES string of the molecule is C=CCn1c(=O)n(CC=C)c(=O)n(CC2(Cn3c(=O)n(CC=C)c(=O)n(CC=C)c3=O)COP(=O)(Oc3ccc4ccccc4c3)OC2)c1=O. The molecule has 17 heteroatoms. The number of aromatic nitrogens is 6. The van der Waals surface area contributed by atoms with Crippen molar-refractivity contribution in [3.63, 3.8) is 0 Å². The van der Waals surface area contributed by atoms with Gasteiger partial charge in [0.15, 0.2) is 0 Å². The maximum absolute atomic E-state index is 13.8. The van der Waals surface area contributed by atoms with Gasteiger partial charge in [-0.3, -0.25) is 9.05 Å². The maximum atomic E-state index is 13.8. The smallest absolute Gasteiger partial charge is 0.404 e. The third-order valence-electron chi connectivity index (χ3n) is 8.00. The molecular weight excluding hydrogens is 671 g/mol. The molecule has 16 nitrogen and oxygen atoms in total. The van der Waals surface area contributed by atoms with Crippen molar-refractivity contribution in [2.24, 2.45) is 5.41 Å². The van der Waals surface area contributed by atoms with Crippen LogP contribution in [0.25, 0.3) is 10.8 Å². The minimum Gasteiger partial charge on any atom is -0.404 e. The van der Waals surface area contributed by atoms with Crippen LogP contribution >= 0.6 is 7.82 Å². The minimum atomic E-state index is -4.35. The van der Waals surface area contributed by atoms with Crippen molar-refractivity contribution in [2.75, 3.05) is 13.2 Å². The summed E-state index contributed by atoms with van der Waals surface area (Å²) in [5.41, 5.74) is -7.55. The molecule has 0 atom stereocenters. The number of rotatable bonds is 14. The molecule has 0 saturated carbocycles. The topological polar surface area (TPSA) is 177 Å². The third-order valence-corrected chi connectivity index (χ3v) is 9.33. The van der Waals surface area contributed by atoms with Crippen LogP contribution in [0.15, 0.2) is 122 Å². The van der Waals surface area contributed by atoms with E-state index < -0.39 is 73.7 Å². The van der Waals surface area contributed by atoms with Crippen molar-refractivity contribution in [1.82, 2.24) is 27.4 Å². The summed E-state index contributed by atoms with van der Waals surface area (Å²) in [4.78, 5) is 80.6. The van der Waals surface area contributed by atoms with Crippen LogP contribution in [-0.4, -0.2) is 40.6 Å². The van der Waals surface area contributed by atoms with Crippen LogP contribution in [0.3, 0.4) is 0 Å². The molecule has 2 aromatic heterocycles. The Morgan fingerprint density at radius 3 is 1.38 bits per heavy atom. The zero-order valence-electron chi connectivity index (χ0n) is 27.0. The summed E-state index contributed by atoms with van der Waals surface area (Å²) in [6.45, 7) is 11.0. The molecule has 0 aliphatic carbocycles. The molecule has 3 heterocycles. The average Bonchev–Trinajstić information content (AvgIpc) is 3.10. The van der Waals surface area contributed by atoms with Gasteiger partial charge in [0.25, 0.3) is 0 Å². The molecule has 4 aromatic rings. The molecule has 262 valence electrons. The summed E-state index contributed by atoms with van der Waals surface area (Å²) in [6.07, 6.45) is 5.18. The van der Waals surface area contributed by atoms with Gasteiger partial charge in [0, 0.05) is 13.1 Å². The molecule has 2 aromatic carbocycles. The van der Waals surface area contributed by atoms with Gasteiger partial charge in [0.05, 0.1) is 44.8 Å². The Morgan fingerprint density at radius 1 is 0.600 bits per heavy atom. The number of hydrogen-bond donors (Lipinski definition) is 0. The lowest BCUT2D eigenvalue weighted by atomic mass is 9.89. The highest BCUT2D eigenvalue weighted by Gasteiger charge is 2.46. The molecule has 0 spiro atoms. The van der Waals surface area contributed by atoms with Crippen molar-refractivity contribution in [2.45, 2.75) is 39.3 Å². The summed E-state index contributed by atoms with van der Waals surface area (Å²) in [6, 6.07) is 12.4. The van der Waals surface area contributed by atoms with Gasteiger partial charge in [-0.25, -0.2) is 60.7 Å². The minimum absolute atomic E-state index is 0.166. The molecule has 1 saturated heterocycles. The lowest BCUT2D eigenvalue weighted by Crippen LogP contribution is -2.60. The fraction of sp³-hybridized carbons (Fsp3) is 0.273. The summed E-state index contributed by atoms with van der Waals surface area (Å²) in [5.74, 6) is 0.166. The fourth-order valence-corrected chi connectivity index (χ4v) is 7.01. The number of benzene rings is 2. The molecule has 0 radical (unpaired) electrons. The first kappa shape index (κ1) is 35.7. The zero-order chi connectivity index (χ0) is 36.2. The molecule has 50 heavy (non-hydrogen) atoms. The Labute approximate surface area is 283 Å². The van der Waals surface area contributed by atoms with Crippen LogP contribution in [-0.2, 0) is 52.9 Å². The van der Waals surface area contributed by atoms with Crippen LogP contribution < -0.4 is 38.7 Å². The molecule has 0 N–H and O–H groups in total. The standard InChI is InChI=1S/C33H35N6O10P/c1-5-15-34-27(40)35(16-6-2)30(43)38(29(34)42)20-33(21-39-31(44)36(17-7-3)28(41)37(18-8-4)32(39)45)22-47-50(46,48-23-33)49-26-14-13-24-11-9-10-12-25(24)19-26/h5-14,19H,1-4,15-18,20-23H2. The second-order valence-electron chi connectivity index (χ2n) is 11.6. The van der Waals surface area contributed by atoms with Crippen LogP contribution in [0, 0.1) is 5.41 Å². The van der Waals surface area contributed by atoms with E-state index in [1.165, 1.54) is 24.3 Å². The summed E-state index contributed by atoms with van der Waals surface area (Å²) < 4.78 is 35.5. The molecule has 0 unspecified atom stereocenters. The van der Waals surface area contributed by atoms with E-state index in [9.17, 15) is 33.3 Å². The Morgan fingerprint density at radius 2 is 0.980 bits per heavy atom. The van der Waals surface area contributed by atoms with Crippen LogP contribution in [0.2, 0.25) is 0 Å². The molecule has 1 aliphatic rings. The van der Waals surface area contributed by atoms with E-state index in [1.54, 1.807) is 18.2 Å². The van der Waals surface area contributed by atoms with Gasteiger partial charge in [-0.1, -0.05) is 54.6 Å². The Hall–Kier alpha value is -5.57. The van der Waals surface area contributed by atoms with Gasteiger partial charge in [0.2, 0.25) is 0 Å². The zero-order valence-corrected chi connectivity index (χ0v) is 27.9. The van der Waals surface area contributed by atoms with E-state index in [1.807, 2.05) is 24.3 Å². The second kappa shape index (κ2) is 14.5. The Kier molecular flexibility index (Phi) is 10.4. The highest BCUT2D eigenvalue weighted by Crippen LogP contribution is 2.55. The normalized spacial score (nSPS) is 15.0. The predicted octanol–water partition coefficient (Wildman–Crippen LogP) is 1.47. The van der Waals surface area contributed by atoms with E-state index in [2.05, 4.69) is 26.3 Å². The highest BCUT2D eigenvalue weighted by atomic mass is 31.2. The van der Waals surface area contributed by atoms with Crippen molar-refractivity contribution >= 4 is 18.6 Å². The highest BCUT2D eigenvalue weighted by molar-refractivity contribution is 7.49. The van der Waals surface area contributed by atoms with Gasteiger partial charge < -0.3 is 4.52 Å². The number of phosphoric ester groups is 1. The number of fused-ring (bicyclic) bond motifs is 1. The quantitative estimate of drug-likeness (QED) is 0.138. The molecular formula is C33H35N6O10P. The Balaban J connectivity index is 1.64. The molecule has 5 rings (SSSR count). The Bertz CT molecular complexity index is 2210. The van der Waals surface area contributed by atoms with Gasteiger partial charge in [0.1, 0.15) is 5.75 Å². The van der Waals surface area contributed by atoms with E-state index in [0.29, 0.717) is 0 Å². The lowest BCUT2D eigenvalue weighted by molar-refractivity contribution is -0.0271. The van der Waals surface area contributed by atoms with E-state index in [4.69, 9.17) is 13.6 Å². The van der Waals surface area contributed by atoms with Crippen molar-refractivity contribution in [3.8, 4) is 5.75 Å². The van der Waals surface area contributed by atoms with E-state index in [0.717, 1.165) is 38.2 Å².